The molecule has 11 rings (SSSR count). The molecule has 0 fully saturated rings. The number of benzene rings is 8. The summed E-state index contributed by atoms with van der Waals surface area (Å²) in [5, 5.41) is 7.56. The highest BCUT2D eigenvalue weighted by atomic mass is 32.1. The topological polar surface area (TPSA) is 25.8 Å². The Morgan fingerprint density at radius 2 is 0.833 bits per heavy atom. The molecule has 0 aliphatic rings. The zero-order valence-corrected chi connectivity index (χ0v) is 30.7. The van der Waals surface area contributed by atoms with Crippen molar-refractivity contribution in [1.29, 1.82) is 0 Å². The third-order valence-electron chi connectivity index (χ3n) is 10.5. The molecule has 0 unspecified atom stereocenters. The molecule has 0 aliphatic heterocycles. The van der Waals surface area contributed by atoms with Crippen LogP contribution in [0, 0.1) is 0 Å². The average molecular weight is 723 g/mol. The average Bonchev–Trinajstić information content (AvgIpc) is 3.82. The molecule has 0 amide bonds. The van der Waals surface area contributed by atoms with Gasteiger partial charge in [-0.15, -0.1) is 22.7 Å². The van der Waals surface area contributed by atoms with Gasteiger partial charge >= 0.3 is 0 Å². The first-order valence-corrected chi connectivity index (χ1v) is 19.8. The molecule has 0 bridgehead atoms. The van der Waals surface area contributed by atoms with Gasteiger partial charge in [-0.2, -0.15) is 0 Å². The van der Waals surface area contributed by atoms with Gasteiger partial charge in [0.25, 0.3) is 0 Å². The molecule has 3 aromatic heterocycles. The van der Waals surface area contributed by atoms with Gasteiger partial charge in [-0.05, 0) is 75.5 Å². The Labute approximate surface area is 320 Å². The number of hydrogen-bond acceptors (Lipinski definition) is 4. The summed E-state index contributed by atoms with van der Waals surface area (Å²) >= 11 is 3.73. The van der Waals surface area contributed by atoms with E-state index in [4.69, 9.17) is 9.97 Å². The highest BCUT2D eigenvalue weighted by Gasteiger charge is 2.18. The van der Waals surface area contributed by atoms with Crippen molar-refractivity contribution in [2.75, 3.05) is 0 Å². The highest BCUT2D eigenvalue weighted by Crippen LogP contribution is 2.45. The Balaban J connectivity index is 1.19. The van der Waals surface area contributed by atoms with E-state index < -0.39 is 0 Å². The molecule has 2 nitrogen and oxygen atoms in total. The maximum Gasteiger partial charge on any atom is 0.160 e. The van der Waals surface area contributed by atoms with Crippen LogP contribution in [0.5, 0.6) is 0 Å². The Morgan fingerprint density at radius 1 is 0.315 bits per heavy atom. The first-order chi connectivity index (χ1) is 26.7. The predicted molar refractivity (Wildman–Crippen MR) is 232 cm³/mol. The molecule has 4 heteroatoms. The molecule has 0 saturated carbocycles. The van der Waals surface area contributed by atoms with Crippen LogP contribution in [0.4, 0.5) is 0 Å². The Hall–Kier alpha value is -6.46. The van der Waals surface area contributed by atoms with Crippen molar-refractivity contribution in [3.8, 4) is 56.2 Å². The van der Waals surface area contributed by atoms with E-state index in [0.29, 0.717) is 5.82 Å². The molecule has 0 spiro atoms. The first kappa shape index (κ1) is 31.1. The quantitative estimate of drug-likeness (QED) is 0.177. The molecule has 0 atom stereocenters. The summed E-state index contributed by atoms with van der Waals surface area (Å²) in [7, 11) is 0. The summed E-state index contributed by atoms with van der Waals surface area (Å²) in [5.41, 5.74) is 9.64. The van der Waals surface area contributed by atoms with Crippen molar-refractivity contribution in [3.63, 3.8) is 0 Å². The van der Waals surface area contributed by atoms with Crippen LogP contribution in [0.2, 0.25) is 0 Å². The fraction of sp³-hybridized carbons (Fsp3) is 0. The molecule has 0 saturated heterocycles. The van der Waals surface area contributed by atoms with Crippen LogP contribution in [-0.4, -0.2) is 9.97 Å². The molecule has 0 N–H and O–H groups in total. The minimum absolute atomic E-state index is 0.703. The van der Waals surface area contributed by atoms with E-state index in [-0.39, 0.29) is 0 Å². The third-order valence-corrected chi connectivity index (χ3v) is 12.9. The van der Waals surface area contributed by atoms with E-state index in [1.165, 1.54) is 62.2 Å². The predicted octanol–water partition coefficient (Wildman–Crippen LogP) is 14.7. The Kier molecular flexibility index (Phi) is 7.25. The van der Waals surface area contributed by atoms with Gasteiger partial charge in [0, 0.05) is 57.0 Å². The summed E-state index contributed by atoms with van der Waals surface area (Å²) in [6, 6.07) is 65.5. The second kappa shape index (κ2) is 12.6. The number of nitrogens with zero attached hydrogens (tertiary/aromatic N) is 2. The minimum atomic E-state index is 0.703. The van der Waals surface area contributed by atoms with Crippen LogP contribution in [0.3, 0.4) is 0 Å². The van der Waals surface area contributed by atoms with Crippen molar-refractivity contribution in [2.45, 2.75) is 0 Å². The second-order valence-corrected chi connectivity index (χ2v) is 15.9. The van der Waals surface area contributed by atoms with Crippen LogP contribution >= 0.6 is 22.7 Å². The summed E-state index contributed by atoms with van der Waals surface area (Å²) in [6.07, 6.45) is 0. The lowest BCUT2D eigenvalue weighted by atomic mass is 9.94. The van der Waals surface area contributed by atoms with Gasteiger partial charge in [0.1, 0.15) is 0 Å². The molecule has 252 valence electrons. The molecule has 0 aliphatic carbocycles. The smallest absolute Gasteiger partial charge is 0.160 e. The van der Waals surface area contributed by atoms with Crippen molar-refractivity contribution < 1.29 is 0 Å². The fourth-order valence-electron chi connectivity index (χ4n) is 7.85. The van der Waals surface area contributed by atoms with Crippen molar-refractivity contribution in [2.24, 2.45) is 0 Å². The Morgan fingerprint density at radius 3 is 1.48 bits per heavy atom. The van der Waals surface area contributed by atoms with E-state index in [9.17, 15) is 0 Å². The zero-order valence-electron chi connectivity index (χ0n) is 29.0. The van der Waals surface area contributed by atoms with Gasteiger partial charge < -0.3 is 0 Å². The summed E-state index contributed by atoms with van der Waals surface area (Å²) < 4.78 is 5.17. The van der Waals surface area contributed by atoms with E-state index >= 15 is 0 Å². The van der Waals surface area contributed by atoms with Crippen LogP contribution in [0.1, 0.15) is 0 Å². The lowest BCUT2D eigenvalue weighted by Gasteiger charge is -2.14. The highest BCUT2D eigenvalue weighted by molar-refractivity contribution is 7.26. The number of aromatic nitrogens is 2. The van der Waals surface area contributed by atoms with Crippen molar-refractivity contribution in [3.05, 3.63) is 182 Å². The van der Waals surface area contributed by atoms with Gasteiger partial charge in [0.05, 0.1) is 11.4 Å². The molecule has 11 aromatic rings. The number of rotatable bonds is 5. The lowest BCUT2D eigenvalue weighted by molar-refractivity contribution is 1.18. The monoisotopic (exact) mass is 722 g/mol. The normalized spacial score (nSPS) is 11.7. The minimum Gasteiger partial charge on any atom is -0.228 e. The standard InChI is InChI=1S/C50H30N2S2/c1-2-13-32(14-3-1)44-30-45(34-25-24-31-12-4-5-15-33(31)26-34)52-50(51-44)37-28-35(38-18-10-20-42-40-16-6-8-22-46(40)53-48(38)42)27-36(29-37)39-19-11-21-43-41-17-7-9-23-47(41)54-49(39)43/h1-30H. The maximum atomic E-state index is 5.36. The third kappa shape index (κ3) is 5.22. The second-order valence-electron chi connectivity index (χ2n) is 13.7. The molecule has 0 radical (unpaired) electrons. The van der Waals surface area contributed by atoms with E-state index in [2.05, 4.69) is 182 Å². The van der Waals surface area contributed by atoms with Gasteiger partial charge in [-0.25, -0.2) is 9.97 Å². The number of hydrogen-bond donors (Lipinski definition) is 0. The maximum absolute atomic E-state index is 5.36. The molecule has 8 aromatic carbocycles. The van der Waals surface area contributed by atoms with Crippen LogP contribution < -0.4 is 0 Å². The molecular formula is C50H30N2S2. The first-order valence-electron chi connectivity index (χ1n) is 18.1. The number of fused-ring (bicyclic) bond motifs is 7. The molecule has 54 heavy (non-hydrogen) atoms. The van der Waals surface area contributed by atoms with Crippen LogP contribution in [0.15, 0.2) is 182 Å². The molecular weight excluding hydrogens is 693 g/mol. The number of thiophene rings is 2. The van der Waals surface area contributed by atoms with Gasteiger partial charge in [0.15, 0.2) is 5.82 Å². The van der Waals surface area contributed by atoms with Crippen LogP contribution in [-0.2, 0) is 0 Å². The van der Waals surface area contributed by atoms with Crippen molar-refractivity contribution in [1.82, 2.24) is 9.97 Å². The van der Waals surface area contributed by atoms with Gasteiger partial charge in [0.2, 0.25) is 0 Å². The lowest BCUT2D eigenvalue weighted by Crippen LogP contribution is -1.97. The van der Waals surface area contributed by atoms with E-state index in [1.807, 2.05) is 22.7 Å². The van der Waals surface area contributed by atoms with Crippen molar-refractivity contribution >= 4 is 73.8 Å². The van der Waals surface area contributed by atoms with E-state index in [0.717, 1.165) is 39.2 Å². The summed E-state index contributed by atoms with van der Waals surface area (Å²) in [6.45, 7) is 0. The zero-order chi connectivity index (χ0) is 35.6. The SMILES string of the molecule is c1ccc(-c2cc(-c3ccc4ccccc4c3)nc(-c3cc(-c4cccc5c4sc4ccccc45)cc(-c4cccc5c4sc4ccccc45)c3)n2)cc1. The fourth-order valence-corrected chi connectivity index (χ4v) is 10.3. The summed E-state index contributed by atoms with van der Waals surface area (Å²) in [4.78, 5) is 10.7. The molecule has 3 heterocycles. The van der Waals surface area contributed by atoms with E-state index in [1.54, 1.807) is 0 Å². The van der Waals surface area contributed by atoms with Gasteiger partial charge in [-0.3, -0.25) is 0 Å². The Bertz CT molecular complexity index is 3100. The van der Waals surface area contributed by atoms with Gasteiger partial charge in [-0.1, -0.05) is 140 Å². The summed E-state index contributed by atoms with van der Waals surface area (Å²) in [5.74, 6) is 0.703. The van der Waals surface area contributed by atoms with Crippen LogP contribution in [0.25, 0.3) is 107 Å². The largest absolute Gasteiger partial charge is 0.228 e.